The van der Waals surface area contributed by atoms with Gasteiger partial charge in [0, 0.05) is 25.6 Å². The van der Waals surface area contributed by atoms with Crippen molar-refractivity contribution in [3.8, 4) is 11.5 Å². The zero-order chi connectivity index (χ0) is 22.9. The van der Waals surface area contributed by atoms with E-state index < -0.39 is 10.0 Å². The van der Waals surface area contributed by atoms with Crippen LogP contribution in [0, 0.1) is 5.92 Å². The number of piperidine rings is 1. The summed E-state index contributed by atoms with van der Waals surface area (Å²) in [7, 11) is -0.0574. The van der Waals surface area contributed by atoms with E-state index >= 15 is 0 Å². The van der Waals surface area contributed by atoms with Crippen LogP contribution in [0.2, 0.25) is 0 Å². The van der Waals surface area contributed by atoms with E-state index in [1.165, 1.54) is 21.9 Å². The van der Waals surface area contributed by atoms with Gasteiger partial charge in [-0.05, 0) is 37.8 Å². The Kier molecular flexibility index (Phi) is 6.89. The summed E-state index contributed by atoms with van der Waals surface area (Å²) in [6.45, 7) is 1.82. The lowest BCUT2D eigenvalue weighted by atomic mass is 9.96. The first-order valence-electron chi connectivity index (χ1n) is 10.7. The smallest absolute Gasteiger partial charge is 0.232 e. The molecule has 2 aromatic rings. The van der Waals surface area contributed by atoms with Gasteiger partial charge in [-0.1, -0.05) is 11.3 Å². The Labute approximate surface area is 192 Å². The fraction of sp³-hybridized carbons (Fsp3) is 0.619. The van der Waals surface area contributed by atoms with Gasteiger partial charge in [-0.15, -0.1) is 0 Å². The van der Waals surface area contributed by atoms with Crippen molar-refractivity contribution in [3.63, 3.8) is 0 Å². The SMILES string of the molecule is COc1ccc(OC)c2sc(N(CC3CCCO3)C(=O)C3CCN(S(C)(=O)=O)CC3)nc12. The molecule has 1 atom stereocenters. The minimum atomic E-state index is -3.25. The number of fused-ring (bicyclic) bond motifs is 1. The molecule has 11 heteroatoms. The van der Waals surface area contributed by atoms with Crippen LogP contribution in [0.15, 0.2) is 12.1 Å². The van der Waals surface area contributed by atoms with E-state index in [1.54, 1.807) is 25.2 Å². The van der Waals surface area contributed by atoms with Crippen LogP contribution in [0.3, 0.4) is 0 Å². The Morgan fingerprint density at radius 3 is 2.50 bits per heavy atom. The van der Waals surface area contributed by atoms with E-state index in [-0.39, 0.29) is 17.9 Å². The molecule has 176 valence electrons. The largest absolute Gasteiger partial charge is 0.495 e. The number of methoxy groups -OCH3 is 2. The van der Waals surface area contributed by atoms with Crippen LogP contribution in [-0.2, 0) is 19.6 Å². The fourth-order valence-electron chi connectivity index (χ4n) is 4.30. The summed E-state index contributed by atoms with van der Waals surface area (Å²) in [6, 6.07) is 3.63. The molecule has 1 unspecified atom stereocenters. The van der Waals surface area contributed by atoms with Crippen molar-refractivity contribution >= 4 is 42.6 Å². The summed E-state index contributed by atoms with van der Waals surface area (Å²) >= 11 is 1.39. The summed E-state index contributed by atoms with van der Waals surface area (Å²) in [5, 5.41) is 0.578. The average Bonchev–Trinajstić information content (AvgIpc) is 3.45. The molecule has 0 aliphatic carbocycles. The molecule has 0 spiro atoms. The number of ether oxygens (including phenoxy) is 3. The van der Waals surface area contributed by atoms with Gasteiger partial charge in [-0.3, -0.25) is 9.69 Å². The third-order valence-electron chi connectivity index (χ3n) is 6.08. The van der Waals surface area contributed by atoms with Crippen molar-refractivity contribution in [2.75, 3.05) is 51.6 Å². The first-order chi connectivity index (χ1) is 15.3. The number of carbonyl (C=O) groups excluding carboxylic acids is 1. The number of sulfonamides is 1. The van der Waals surface area contributed by atoms with E-state index in [2.05, 4.69) is 0 Å². The van der Waals surface area contributed by atoms with Gasteiger partial charge in [0.25, 0.3) is 0 Å². The molecule has 1 aromatic heterocycles. The van der Waals surface area contributed by atoms with Gasteiger partial charge in [0.05, 0.1) is 33.1 Å². The van der Waals surface area contributed by atoms with Crippen molar-refractivity contribution in [1.29, 1.82) is 0 Å². The third kappa shape index (κ3) is 4.70. The zero-order valence-corrected chi connectivity index (χ0v) is 20.2. The zero-order valence-electron chi connectivity index (χ0n) is 18.6. The topological polar surface area (TPSA) is 98.3 Å². The van der Waals surface area contributed by atoms with E-state index in [0.717, 1.165) is 17.5 Å². The van der Waals surface area contributed by atoms with Crippen LogP contribution < -0.4 is 14.4 Å². The number of carbonyl (C=O) groups is 1. The van der Waals surface area contributed by atoms with E-state index in [9.17, 15) is 13.2 Å². The predicted octanol–water partition coefficient (Wildman–Crippen LogP) is 2.50. The Balaban J connectivity index is 1.64. The standard InChI is InChI=1S/C21H29N3O6S2/c1-28-16-6-7-17(29-2)19-18(16)22-21(31-19)24(13-15-5-4-12-30-15)20(25)14-8-10-23(11-9-14)32(3,26)27/h6-7,14-15H,4-5,8-13H2,1-3H3. The van der Waals surface area contributed by atoms with Crippen LogP contribution in [0.25, 0.3) is 10.2 Å². The lowest BCUT2D eigenvalue weighted by Crippen LogP contribution is -2.46. The maximum absolute atomic E-state index is 13.6. The van der Waals surface area contributed by atoms with Gasteiger partial charge in [0.1, 0.15) is 21.7 Å². The third-order valence-corrected chi connectivity index (χ3v) is 8.47. The predicted molar refractivity (Wildman–Crippen MR) is 123 cm³/mol. The monoisotopic (exact) mass is 483 g/mol. The minimum absolute atomic E-state index is 0.0362. The van der Waals surface area contributed by atoms with Crippen LogP contribution in [-0.4, -0.2) is 76.4 Å². The molecule has 9 nitrogen and oxygen atoms in total. The second-order valence-corrected chi connectivity index (χ2v) is 11.1. The first kappa shape index (κ1) is 23.2. The van der Waals surface area contributed by atoms with Crippen LogP contribution >= 0.6 is 11.3 Å². The molecule has 0 saturated carbocycles. The average molecular weight is 484 g/mol. The van der Waals surface area contributed by atoms with Gasteiger partial charge in [0.15, 0.2) is 5.13 Å². The molecule has 4 rings (SSSR count). The molecule has 1 amide bonds. The molecular weight excluding hydrogens is 454 g/mol. The number of thiazole rings is 1. The summed E-state index contributed by atoms with van der Waals surface area (Å²) < 4.78 is 42.7. The van der Waals surface area contributed by atoms with E-state index in [4.69, 9.17) is 19.2 Å². The molecule has 32 heavy (non-hydrogen) atoms. The lowest BCUT2D eigenvalue weighted by molar-refractivity contribution is -0.123. The van der Waals surface area contributed by atoms with Crippen molar-refractivity contribution in [2.45, 2.75) is 31.8 Å². The number of aromatic nitrogens is 1. The fourth-order valence-corrected chi connectivity index (χ4v) is 6.26. The molecule has 2 aliphatic rings. The number of amides is 1. The van der Waals surface area contributed by atoms with Crippen molar-refractivity contribution < 1.29 is 27.4 Å². The Morgan fingerprint density at radius 2 is 1.91 bits per heavy atom. The molecule has 2 aliphatic heterocycles. The first-order valence-corrected chi connectivity index (χ1v) is 13.4. The highest BCUT2D eigenvalue weighted by Gasteiger charge is 2.35. The molecule has 2 saturated heterocycles. The number of rotatable bonds is 7. The van der Waals surface area contributed by atoms with Gasteiger partial charge in [-0.2, -0.15) is 0 Å². The summed E-state index contributed by atoms with van der Waals surface area (Å²) in [5.74, 6) is 1.00. The molecule has 0 radical (unpaired) electrons. The second-order valence-electron chi connectivity index (χ2n) is 8.16. The highest BCUT2D eigenvalue weighted by Crippen LogP contribution is 2.41. The summed E-state index contributed by atoms with van der Waals surface area (Å²) in [6.07, 6.45) is 4.03. The van der Waals surface area contributed by atoms with Crippen LogP contribution in [0.1, 0.15) is 25.7 Å². The van der Waals surface area contributed by atoms with Gasteiger partial charge in [-0.25, -0.2) is 17.7 Å². The summed E-state index contributed by atoms with van der Waals surface area (Å²) in [4.78, 5) is 20.1. The molecule has 1 aromatic carbocycles. The molecule has 0 N–H and O–H groups in total. The molecule has 0 bridgehead atoms. The van der Waals surface area contributed by atoms with Gasteiger partial charge >= 0.3 is 0 Å². The lowest BCUT2D eigenvalue weighted by Gasteiger charge is -2.33. The van der Waals surface area contributed by atoms with Crippen molar-refractivity contribution in [1.82, 2.24) is 9.29 Å². The van der Waals surface area contributed by atoms with E-state index in [0.29, 0.717) is 61.2 Å². The number of hydrogen-bond acceptors (Lipinski definition) is 8. The summed E-state index contributed by atoms with van der Waals surface area (Å²) in [5.41, 5.74) is 0.656. The van der Waals surface area contributed by atoms with Crippen LogP contribution in [0.5, 0.6) is 11.5 Å². The minimum Gasteiger partial charge on any atom is -0.495 e. The van der Waals surface area contributed by atoms with Crippen LogP contribution in [0.4, 0.5) is 5.13 Å². The highest BCUT2D eigenvalue weighted by atomic mass is 32.2. The number of benzene rings is 1. The molecular formula is C21H29N3O6S2. The maximum atomic E-state index is 13.6. The van der Waals surface area contributed by atoms with E-state index in [1.807, 2.05) is 6.07 Å². The molecule has 3 heterocycles. The maximum Gasteiger partial charge on any atom is 0.232 e. The Bertz CT molecular complexity index is 1030. The quantitative estimate of drug-likeness (QED) is 0.597. The van der Waals surface area contributed by atoms with Gasteiger partial charge < -0.3 is 14.2 Å². The highest BCUT2D eigenvalue weighted by molar-refractivity contribution is 7.88. The second kappa shape index (κ2) is 9.50. The molecule has 2 fully saturated rings. The van der Waals surface area contributed by atoms with Crippen molar-refractivity contribution in [3.05, 3.63) is 12.1 Å². The number of anilines is 1. The number of hydrogen-bond donors (Lipinski definition) is 0. The van der Waals surface area contributed by atoms with Gasteiger partial charge in [0.2, 0.25) is 15.9 Å². The normalized spacial score (nSPS) is 20.5. The Hall–Kier alpha value is -1.95. The van der Waals surface area contributed by atoms with Crippen molar-refractivity contribution in [2.24, 2.45) is 5.92 Å². The number of nitrogens with zero attached hydrogens (tertiary/aromatic N) is 3. The Morgan fingerprint density at radius 1 is 1.22 bits per heavy atom.